The molecular weight excluding hydrogens is 343 g/mol. The lowest BCUT2D eigenvalue weighted by Gasteiger charge is -2.23. The van der Waals surface area contributed by atoms with Crippen LogP contribution in [0.5, 0.6) is 0 Å². The predicted octanol–water partition coefficient (Wildman–Crippen LogP) is -2.01. The van der Waals surface area contributed by atoms with E-state index in [4.69, 9.17) is 10.3 Å². The third-order valence-electron chi connectivity index (χ3n) is 4.17. The van der Waals surface area contributed by atoms with Gasteiger partial charge in [0.2, 0.25) is 5.72 Å². The largest absolute Gasteiger partial charge is 0.393 e. The molecule has 3 unspecified atom stereocenters. The highest BCUT2D eigenvalue weighted by Crippen LogP contribution is 2.39. The van der Waals surface area contributed by atoms with Gasteiger partial charge in [-0.15, -0.1) is 0 Å². The van der Waals surface area contributed by atoms with E-state index in [0.29, 0.717) is 0 Å². The first-order valence-electron chi connectivity index (χ1n) is 7.23. The third-order valence-corrected chi connectivity index (χ3v) is 4.17. The molecule has 3 rings (SSSR count). The number of rotatable bonds is 5. The Kier molecular flexibility index (Phi) is 4.36. The van der Waals surface area contributed by atoms with E-state index in [1.54, 1.807) is 0 Å². The third kappa shape index (κ3) is 2.82. The molecule has 13 heteroatoms. The number of hydrogen-bond acceptors (Lipinski definition) is 9. The summed E-state index contributed by atoms with van der Waals surface area (Å²) in [6.45, 7) is -0.992. The van der Waals surface area contributed by atoms with Crippen LogP contribution in [0.25, 0.3) is 10.4 Å². The molecule has 2 aliphatic rings. The van der Waals surface area contributed by atoms with Gasteiger partial charge in [-0.25, -0.2) is 9.18 Å². The van der Waals surface area contributed by atoms with Gasteiger partial charge in [-0.1, -0.05) is 5.11 Å². The highest BCUT2D eigenvalue weighted by molar-refractivity contribution is 5.38. The van der Waals surface area contributed by atoms with Gasteiger partial charge in [-0.3, -0.25) is 4.57 Å². The molecule has 136 valence electrons. The summed E-state index contributed by atoms with van der Waals surface area (Å²) < 4.78 is 20.2. The summed E-state index contributed by atoms with van der Waals surface area (Å²) in [7, 11) is 0. The average molecular weight is 358 g/mol. The molecule has 0 amide bonds. The summed E-state index contributed by atoms with van der Waals surface area (Å²) >= 11 is 0. The van der Waals surface area contributed by atoms with Crippen LogP contribution in [0.3, 0.4) is 0 Å². The van der Waals surface area contributed by atoms with E-state index >= 15 is 0 Å². The maximum atomic E-state index is 14.3. The second kappa shape index (κ2) is 6.22. The number of alkyl halides is 1. The Morgan fingerprint density at radius 1 is 1.48 bits per heavy atom. The van der Waals surface area contributed by atoms with Crippen LogP contribution in [-0.4, -0.2) is 72.8 Å². The quantitative estimate of drug-likeness (QED) is 0.227. The van der Waals surface area contributed by atoms with Crippen molar-refractivity contribution in [2.75, 3.05) is 11.9 Å². The zero-order valence-electron chi connectivity index (χ0n) is 12.5. The standard InChI is InChI=1S/C12H15FN6O6/c13-5-9(23)12(3-20,17-18-14)25-10(5)19-2-1-4(16-11(19)24)15-6-7(21)8(6)22/h1-2,5-10,20-23H,3H2,(H,15,16,24)/t5-,6?,7?,8?,9-,10+,12?/m0/s1. The first-order valence-corrected chi connectivity index (χ1v) is 7.23. The Labute approximate surface area is 138 Å². The number of nitrogens with one attached hydrogen (secondary N) is 1. The maximum absolute atomic E-state index is 14.3. The zero-order chi connectivity index (χ0) is 18.4. The Morgan fingerprint density at radius 2 is 2.16 bits per heavy atom. The summed E-state index contributed by atoms with van der Waals surface area (Å²) in [5.41, 5.74) is 5.30. The Morgan fingerprint density at radius 3 is 2.68 bits per heavy atom. The van der Waals surface area contributed by atoms with Gasteiger partial charge in [-0.2, -0.15) is 4.98 Å². The molecule has 0 bridgehead atoms. The summed E-state index contributed by atoms with van der Waals surface area (Å²) in [6.07, 6.45) is -6.64. The van der Waals surface area contributed by atoms with Gasteiger partial charge < -0.3 is 30.5 Å². The molecule has 0 radical (unpaired) electrons. The second-order valence-electron chi connectivity index (χ2n) is 5.74. The fourth-order valence-corrected chi connectivity index (χ4v) is 2.59. The Hall–Kier alpha value is -2.28. The zero-order valence-corrected chi connectivity index (χ0v) is 12.5. The topological polar surface area (TPSA) is 186 Å². The van der Waals surface area contributed by atoms with Crippen LogP contribution in [-0.2, 0) is 4.74 Å². The minimum Gasteiger partial charge on any atom is -0.393 e. The molecule has 6 atom stereocenters. The van der Waals surface area contributed by atoms with Gasteiger partial charge in [0.05, 0.1) is 12.6 Å². The van der Waals surface area contributed by atoms with Crippen molar-refractivity contribution in [3.05, 3.63) is 33.2 Å². The van der Waals surface area contributed by atoms with E-state index in [-0.39, 0.29) is 5.82 Å². The monoisotopic (exact) mass is 358 g/mol. The molecule has 1 aromatic rings. The molecule has 2 fully saturated rings. The van der Waals surface area contributed by atoms with Crippen molar-refractivity contribution >= 4 is 5.82 Å². The lowest BCUT2D eigenvalue weighted by atomic mass is 10.1. The minimum atomic E-state index is -2.25. The minimum absolute atomic E-state index is 0.0410. The van der Waals surface area contributed by atoms with Crippen LogP contribution in [0, 0.1) is 0 Å². The highest BCUT2D eigenvalue weighted by atomic mass is 19.1. The van der Waals surface area contributed by atoms with Gasteiger partial charge in [0.15, 0.2) is 12.4 Å². The van der Waals surface area contributed by atoms with Crippen LogP contribution in [0.2, 0.25) is 0 Å². The molecule has 1 aliphatic carbocycles. The summed E-state index contributed by atoms with van der Waals surface area (Å²) in [5.74, 6) is 0.0410. The van der Waals surface area contributed by atoms with Gasteiger partial charge >= 0.3 is 5.69 Å². The number of anilines is 1. The molecule has 5 N–H and O–H groups in total. The average Bonchev–Trinajstić information content (AvgIpc) is 3.06. The fourth-order valence-electron chi connectivity index (χ4n) is 2.59. The number of aliphatic hydroxyl groups is 4. The molecule has 1 aliphatic heterocycles. The van der Waals surface area contributed by atoms with Crippen LogP contribution >= 0.6 is 0 Å². The number of aromatic nitrogens is 2. The van der Waals surface area contributed by atoms with E-state index in [9.17, 15) is 29.6 Å². The van der Waals surface area contributed by atoms with Gasteiger partial charge in [0.1, 0.15) is 24.1 Å². The SMILES string of the molecule is [N-]=[N+]=NC1(CO)O[C@@H](n2ccc(NC3C(O)C3O)nc2=O)[C@@H](F)[C@@H]1O. The van der Waals surface area contributed by atoms with Crippen molar-refractivity contribution < 1.29 is 29.6 Å². The smallest absolute Gasteiger partial charge is 0.351 e. The number of aliphatic hydroxyl groups excluding tert-OH is 4. The highest BCUT2D eigenvalue weighted by Gasteiger charge is 2.56. The molecule has 1 saturated carbocycles. The van der Waals surface area contributed by atoms with E-state index < -0.39 is 54.8 Å². The number of halogens is 1. The molecule has 2 heterocycles. The maximum Gasteiger partial charge on any atom is 0.351 e. The molecule has 12 nitrogen and oxygen atoms in total. The van der Waals surface area contributed by atoms with Crippen molar-refractivity contribution in [2.45, 2.75) is 42.5 Å². The normalized spacial score (nSPS) is 39.7. The van der Waals surface area contributed by atoms with Crippen molar-refractivity contribution in [1.82, 2.24) is 9.55 Å². The van der Waals surface area contributed by atoms with Crippen LogP contribution in [0.4, 0.5) is 10.2 Å². The Bertz CT molecular complexity index is 763. The fraction of sp³-hybridized carbons (Fsp3) is 0.667. The predicted molar refractivity (Wildman–Crippen MR) is 77.9 cm³/mol. The van der Waals surface area contributed by atoms with E-state index in [2.05, 4.69) is 20.3 Å². The van der Waals surface area contributed by atoms with Gasteiger partial charge in [0, 0.05) is 11.1 Å². The lowest BCUT2D eigenvalue weighted by molar-refractivity contribution is -0.124. The van der Waals surface area contributed by atoms with E-state index in [1.807, 2.05) is 0 Å². The van der Waals surface area contributed by atoms with Crippen molar-refractivity contribution in [2.24, 2.45) is 5.11 Å². The summed E-state index contributed by atoms with van der Waals surface area (Å²) in [4.78, 5) is 18.1. The molecule has 1 saturated heterocycles. The summed E-state index contributed by atoms with van der Waals surface area (Å²) in [5, 5.41) is 43.4. The lowest BCUT2D eigenvalue weighted by Crippen LogP contribution is -2.43. The molecule has 25 heavy (non-hydrogen) atoms. The van der Waals surface area contributed by atoms with Gasteiger partial charge in [0.25, 0.3) is 0 Å². The Balaban J connectivity index is 1.84. The van der Waals surface area contributed by atoms with Crippen molar-refractivity contribution in [1.29, 1.82) is 0 Å². The first-order chi connectivity index (χ1) is 11.8. The van der Waals surface area contributed by atoms with E-state index in [0.717, 1.165) is 10.8 Å². The first kappa shape index (κ1) is 17.5. The summed E-state index contributed by atoms with van der Waals surface area (Å²) in [6, 6.07) is 0.613. The molecule has 0 spiro atoms. The van der Waals surface area contributed by atoms with Crippen molar-refractivity contribution in [3.63, 3.8) is 0 Å². The van der Waals surface area contributed by atoms with Gasteiger partial charge in [-0.05, 0) is 11.6 Å². The second-order valence-corrected chi connectivity index (χ2v) is 5.74. The number of ether oxygens (including phenoxy) is 1. The number of hydrogen-bond donors (Lipinski definition) is 5. The van der Waals surface area contributed by atoms with Crippen LogP contribution in [0.1, 0.15) is 6.23 Å². The molecule has 1 aromatic heterocycles. The van der Waals surface area contributed by atoms with Crippen LogP contribution in [0.15, 0.2) is 22.2 Å². The van der Waals surface area contributed by atoms with Crippen molar-refractivity contribution in [3.8, 4) is 0 Å². The number of nitrogens with zero attached hydrogens (tertiary/aromatic N) is 5. The number of azide groups is 1. The van der Waals surface area contributed by atoms with Crippen LogP contribution < -0.4 is 11.0 Å². The molecular formula is C12H15FN6O6. The molecule has 0 aromatic carbocycles. The van der Waals surface area contributed by atoms with E-state index in [1.165, 1.54) is 6.07 Å².